The molecule has 3 rings (SSSR count). The summed E-state index contributed by atoms with van der Waals surface area (Å²) in [5.74, 6) is 0.993. The van der Waals surface area contributed by atoms with Crippen LogP contribution in [-0.2, 0) is 11.3 Å². The van der Waals surface area contributed by atoms with E-state index in [2.05, 4.69) is 10.3 Å². The van der Waals surface area contributed by atoms with Gasteiger partial charge in [0.2, 0.25) is 12.7 Å². The van der Waals surface area contributed by atoms with Gasteiger partial charge >= 0.3 is 0 Å². The lowest BCUT2D eigenvalue weighted by Crippen LogP contribution is -2.32. The second-order valence-electron chi connectivity index (χ2n) is 5.61. The fraction of sp³-hybridized carbons (Fsp3) is 0.400. The van der Waals surface area contributed by atoms with Gasteiger partial charge in [-0.25, -0.2) is 0 Å². The highest BCUT2D eigenvalue weighted by Gasteiger charge is 2.17. The van der Waals surface area contributed by atoms with Gasteiger partial charge in [0.05, 0.1) is 10.9 Å². The number of benzene rings is 1. The number of carbonyl (C=O) groups is 1. The Morgan fingerprint density at radius 2 is 2.09 bits per heavy atom. The third-order valence-electron chi connectivity index (χ3n) is 3.49. The molecule has 8 heteroatoms. The summed E-state index contributed by atoms with van der Waals surface area (Å²) < 4.78 is 12.3. The van der Waals surface area contributed by atoms with E-state index in [0.717, 1.165) is 0 Å². The van der Waals surface area contributed by atoms with Crippen LogP contribution in [0.4, 0.5) is 0 Å². The number of aromatic amines is 1. The van der Waals surface area contributed by atoms with E-state index < -0.39 is 0 Å². The lowest BCUT2D eigenvalue weighted by molar-refractivity contribution is -0.121. The van der Waals surface area contributed by atoms with Gasteiger partial charge in [0.15, 0.2) is 16.3 Å². The molecule has 1 aromatic carbocycles. The molecule has 2 N–H and O–H groups in total. The van der Waals surface area contributed by atoms with Crippen LogP contribution in [0.1, 0.15) is 20.3 Å². The maximum Gasteiger partial charge on any atom is 0.262 e. The van der Waals surface area contributed by atoms with Gasteiger partial charge < -0.3 is 19.8 Å². The number of amides is 1. The first-order valence-corrected chi connectivity index (χ1v) is 7.72. The average molecular weight is 335 g/mol. The molecule has 122 valence electrons. The van der Waals surface area contributed by atoms with E-state index in [9.17, 15) is 9.59 Å². The number of hydrogen-bond acceptors (Lipinski definition) is 5. The van der Waals surface area contributed by atoms with E-state index in [-0.39, 0.29) is 42.0 Å². The van der Waals surface area contributed by atoms with Gasteiger partial charge in [-0.1, -0.05) is 0 Å². The molecule has 0 fully saturated rings. The van der Waals surface area contributed by atoms with E-state index >= 15 is 0 Å². The first-order chi connectivity index (χ1) is 11.0. The van der Waals surface area contributed by atoms with Crippen molar-refractivity contribution in [3.05, 3.63) is 27.3 Å². The smallest absolute Gasteiger partial charge is 0.262 e. The highest BCUT2D eigenvalue weighted by atomic mass is 32.1. The van der Waals surface area contributed by atoms with E-state index in [0.29, 0.717) is 22.4 Å². The van der Waals surface area contributed by atoms with Crippen LogP contribution in [0.3, 0.4) is 0 Å². The summed E-state index contributed by atoms with van der Waals surface area (Å²) in [6.07, 6.45) is 0.186. The Morgan fingerprint density at radius 3 is 2.78 bits per heavy atom. The molecule has 0 bridgehead atoms. The number of fused-ring (bicyclic) bond motifs is 2. The zero-order valence-electron chi connectivity index (χ0n) is 12.8. The quantitative estimate of drug-likeness (QED) is 0.831. The van der Waals surface area contributed by atoms with Crippen LogP contribution in [0.5, 0.6) is 11.5 Å². The van der Waals surface area contributed by atoms with E-state index in [4.69, 9.17) is 21.7 Å². The van der Waals surface area contributed by atoms with Gasteiger partial charge in [-0.05, 0) is 32.1 Å². The molecule has 1 aliphatic heterocycles. The number of ether oxygens (including phenoxy) is 2. The van der Waals surface area contributed by atoms with E-state index in [1.165, 1.54) is 4.57 Å². The molecule has 1 amide bonds. The standard InChI is InChI=1S/C15H17N3O4S/c1-8(2)16-13(19)3-4-18-14(20)9-5-11-12(22-7-21-11)6-10(9)17-15(18)23/h5-6,8H,3-4,7H2,1-2H3,(H,16,19)(H,17,23). The van der Waals surface area contributed by atoms with Crippen molar-refractivity contribution >= 4 is 29.0 Å². The molecule has 0 radical (unpaired) electrons. The Kier molecular flexibility index (Phi) is 4.08. The van der Waals surface area contributed by atoms with E-state index in [1.807, 2.05) is 13.8 Å². The minimum atomic E-state index is -0.251. The molecule has 2 aromatic rings. The van der Waals surface area contributed by atoms with Crippen molar-refractivity contribution in [2.75, 3.05) is 6.79 Å². The van der Waals surface area contributed by atoms with Crippen LogP contribution >= 0.6 is 12.2 Å². The van der Waals surface area contributed by atoms with Crippen molar-refractivity contribution < 1.29 is 14.3 Å². The highest BCUT2D eigenvalue weighted by Crippen LogP contribution is 2.34. The number of H-pyrrole nitrogens is 1. The van der Waals surface area contributed by atoms with Crippen LogP contribution < -0.4 is 20.3 Å². The van der Waals surface area contributed by atoms with Crippen molar-refractivity contribution in [3.8, 4) is 11.5 Å². The Balaban J connectivity index is 1.95. The topological polar surface area (TPSA) is 85.4 Å². The summed E-state index contributed by atoms with van der Waals surface area (Å²) in [6.45, 7) is 4.12. The van der Waals surface area contributed by atoms with E-state index in [1.54, 1.807) is 12.1 Å². The number of aromatic nitrogens is 2. The van der Waals surface area contributed by atoms with Crippen molar-refractivity contribution in [1.29, 1.82) is 0 Å². The molecule has 1 aromatic heterocycles. The lowest BCUT2D eigenvalue weighted by Gasteiger charge is -2.10. The molecular weight excluding hydrogens is 318 g/mol. The van der Waals surface area contributed by atoms with Crippen molar-refractivity contribution in [2.45, 2.75) is 32.9 Å². The predicted octanol–water partition coefficient (Wildman–Crippen LogP) is 1.70. The Hall–Kier alpha value is -2.35. The minimum absolute atomic E-state index is 0.0603. The van der Waals surface area contributed by atoms with Crippen LogP contribution in [-0.4, -0.2) is 28.3 Å². The van der Waals surface area contributed by atoms with Crippen LogP contribution in [0.25, 0.3) is 10.9 Å². The van der Waals surface area contributed by atoms with Gasteiger partial charge in [0.25, 0.3) is 5.56 Å². The maximum absolute atomic E-state index is 12.6. The number of nitrogens with zero attached hydrogens (tertiary/aromatic N) is 1. The van der Waals surface area contributed by atoms with Crippen molar-refractivity contribution in [3.63, 3.8) is 0 Å². The first kappa shape index (κ1) is 15.5. The number of rotatable bonds is 4. The maximum atomic E-state index is 12.6. The zero-order valence-corrected chi connectivity index (χ0v) is 13.7. The Labute approximate surface area is 137 Å². The predicted molar refractivity (Wildman–Crippen MR) is 87.4 cm³/mol. The largest absolute Gasteiger partial charge is 0.454 e. The molecule has 0 aliphatic carbocycles. The molecule has 23 heavy (non-hydrogen) atoms. The summed E-state index contributed by atoms with van der Waals surface area (Å²) in [5, 5.41) is 3.24. The average Bonchev–Trinajstić information content (AvgIpc) is 2.91. The molecule has 0 spiro atoms. The van der Waals surface area contributed by atoms with Crippen LogP contribution in [0, 0.1) is 4.77 Å². The molecule has 1 aliphatic rings. The Bertz CT molecular complexity index is 885. The van der Waals surface area contributed by atoms with Gasteiger partial charge in [0, 0.05) is 25.1 Å². The summed E-state index contributed by atoms with van der Waals surface area (Å²) >= 11 is 5.24. The fourth-order valence-electron chi connectivity index (χ4n) is 2.45. The third kappa shape index (κ3) is 3.07. The van der Waals surface area contributed by atoms with Gasteiger partial charge in [0.1, 0.15) is 0 Å². The Morgan fingerprint density at radius 1 is 1.39 bits per heavy atom. The van der Waals surface area contributed by atoms with Gasteiger partial charge in [-0.3, -0.25) is 14.2 Å². The molecule has 0 saturated carbocycles. The normalized spacial score (nSPS) is 12.8. The second kappa shape index (κ2) is 6.04. The van der Waals surface area contributed by atoms with Gasteiger partial charge in [-0.15, -0.1) is 0 Å². The first-order valence-electron chi connectivity index (χ1n) is 7.31. The SMILES string of the molecule is CC(C)NC(=O)CCn1c(=S)[nH]c2cc3c(cc2c1=O)OCO3. The molecule has 0 atom stereocenters. The van der Waals surface area contributed by atoms with Crippen LogP contribution in [0.2, 0.25) is 0 Å². The monoisotopic (exact) mass is 335 g/mol. The van der Waals surface area contributed by atoms with Gasteiger partial charge in [-0.2, -0.15) is 0 Å². The fourth-order valence-corrected chi connectivity index (χ4v) is 2.74. The minimum Gasteiger partial charge on any atom is -0.454 e. The molecule has 7 nitrogen and oxygen atoms in total. The van der Waals surface area contributed by atoms with Crippen LogP contribution in [0.15, 0.2) is 16.9 Å². The molecular formula is C15H17N3O4S. The molecule has 0 saturated heterocycles. The second-order valence-corrected chi connectivity index (χ2v) is 6.00. The number of hydrogen-bond donors (Lipinski definition) is 2. The highest BCUT2D eigenvalue weighted by molar-refractivity contribution is 7.71. The number of nitrogens with one attached hydrogen (secondary N) is 2. The summed E-state index contributed by atoms with van der Waals surface area (Å²) in [7, 11) is 0. The lowest BCUT2D eigenvalue weighted by atomic mass is 10.2. The summed E-state index contributed by atoms with van der Waals surface area (Å²) in [4.78, 5) is 27.4. The molecule has 0 unspecified atom stereocenters. The summed E-state index contributed by atoms with van der Waals surface area (Å²) in [5.41, 5.74) is 0.339. The third-order valence-corrected chi connectivity index (χ3v) is 3.81. The van der Waals surface area contributed by atoms with Crippen molar-refractivity contribution in [2.24, 2.45) is 0 Å². The number of carbonyl (C=O) groups excluding carboxylic acids is 1. The zero-order chi connectivity index (χ0) is 16.6. The van der Waals surface area contributed by atoms with Crippen molar-refractivity contribution in [1.82, 2.24) is 14.9 Å². The summed E-state index contributed by atoms with van der Waals surface area (Å²) in [6, 6.07) is 3.39. The molecule has 2 heterocycles.